The maximum Gasteiger partial charge on any atom is 0.291 e. The quantitative estimate of drug-likeness (QED) is 0.840. The van der Waals surface area contributed by atoms with E-state index in [2.05, 4.69) is 10.4 Å². The lowest BCUT2D eigenvalue weighted by Crippen LogP contribution is -2.36. The number of rotatable bonds is 7. The van der Waals surface area contributed by atoms with Crippen molar-refractivity contribution in [3.8, 4) is 0 Å². The first-order chi connectivity index (χ1) is 9.43. The molecule has 0 bridgehead atoms. The molecule has 1 aromatic rings. The van der Waals surface area contributed by atoms with Gasteiger partial charge in [0.1, 0.15) is 5.69 Å². The highest BCUT2D eigenvalue weighted by Gasteiger charge is 2.24. The fraction of sp³-hybridized carbons (Fsp3) is 0.714. The standard InChI is InChI=1S/C14H22ClN3O2/c1-4-20-14(2,3)9-16-12-11(15)7-17-18(13(12)19)8-10-5-6-10/h7,10,16H,4-6,8-9H2,1-3H3. The number of aromatic nitrogens is 2. The molecule has 1 N–H and O–H groups in total. The van der Waals surface area contributed by atoms with Crippen LogP contribution < -0.4 is 10.9 Å². The summed E-state index contributed by atoms with van der Waals surface area (Å²) in [4.78, 5) is 12.3. The Morgan fingerprint density at radius 2 is 2.25 bits per heavy atom. The summed E-state index contributed by atoms with van der Waals surface area (Å²) in [6, 6.07) is 0. The van der Waals surface area contributed by atoms with Crippen LogP contribution in [0.3, 0.4) is 0 Å². The Morgan fingerprint density at radius 1 is 1.55 bits per heavy atom. The van der Waals surface area contributed by atoms with Crippen LogP contribution in [0, 0.1) is 5.92 Å². The number of hydrogen-bond donors (Lipinski definition) is 1. The maximum absolute atomic E-state index is 12.3. The highest BCUT2D eigenvalue weighted by Crippen LogP contribution is 2.30. The summed E-state index contributed by atoms with van der Waals surface area (Å²) in [5.41, 5.74) is -0.0958. The van der Waals surface area contributed by atoms with Gasteiger partial charge >= 0.3 is 0 Å². The molecule has 0 spiro atoms. The number of nitrogens with zero attached hydrogens (tertiary/aromatic N) is 2. The fourth-order valence-corrected chi connectivity index (χ4v) is 2.24. The summed E-state index contributed by atoms with van der Waals surface area (Å²) in [5.74, 6) is 0.592. The number of halogens is 1. The first-order valence-corrected chi connectivity index (χ1v) is 7.44. The second-order valence-electron chi connectivity index (χ2n) is 5.84. The minimum Gasteiger partial charge on any atom is -0.376 e. The molecule has 0 aromatic carbocycles. The van der Waals surface area contributed by atoms with Crippen LogP contribution in [0.1, 0.15) is 33.6 Å². The predicted octanol–water partition coefficient (Wildman–Crippen LogP) is 2.53. The molecule has 5 nitrogen and oxygen atoms in total. The predicted molar refractivity (Wildman–Crippen MR) is 80.4 cm³/mol. The van der Waals surface area contributed by atoms with E-state index in [1.807, 2.05) is 20.8 Å². The van der Waals surface area contributed by atoms with Gasteiger partial charge in [-0.25, -0.2) is 4.68 Å². The van der Waals surface area contributed by atoms with E-state index in [0.29, 0.717) is 36.3 Å². The molecule has 1 aliphatic carbocycles. The van der Waals surface area contributed by atoms with E-state index in [1.54, 1.807) is 0 Å². The Morgan fingerprint density at radius 3 is 2.85 bits per heavy atom. The third-order valence-electron chi connectivity index (χ3n) is 3.35. The Kier molecular flexibility index (Phi) is 4.70. The van der Waals surface area contributed by atoms with Gasteiger partial charge in [0, 0.05) is 19.7 Å². The van der Waals surface area contributed by atoms with Crippen molar-refractivity contribution < 1.29 is 4.74 Å². The van der Waals surface area contributed by atoms with Crippen molar-refractivity contribution >= 4 is 17.3 Å². The summed E-state index contributed by atoms with van der Waals surface area (Å²) in [6.45, 7) is 7.72. The lowest BCUT2D eigenvalue weighted by atomic mass is 10.1. The number of anilines is 1. The van der Waals surface area contributed by atoms with Crippen LogP contribution in [-0.4, -0.2) is 28.5 Å². The Balaban J connectivity index is 2.11. The number of hydrogen-bond acceptors (Lipinski definition) is 4. The monoisotopic (exact) mass is 299 g/mol. The van der Waals surface area contributed by atoms with Gasteiger partial charge in [-0.1, -0.05) is 11.6 Å². The van der Waals surface area contributed by atoms with Crippen molar-refractivity contribution in [3.05, 3.63) is 21.6 Å². The van der Waals surface area contributed by atoms with Crippen LogP contribution in [0.25, 0.3) is 0 Å². The second-order valence-corrected chi connectivity index (χ2v) is 6.25. The van der Waals surface area contributed by atoms with E-state index >= 15 is 0 Å². The third-order valence-corrected chi connectivity index (χ3v) is 3.64. The molecule has 1 aliphatic rings. The van der Waals surface area contributed by atoms with Crippen LogP contribution in [0.5, 0.6) is 0 Å². The van der Waals surface area contributed by atoms with E-state index < -0.39 is 0 Å². The molecular weight excluding hydrogens is 278 g/mol. The molecule has 0 atom stereocenters. The SMILES string of the molecule is CCOC(C)(C)CNc1c(Cl)cnn(CC2CC2)c1=O. The maximum atomic E-state index is 12.3. The van der Waals surface area contributed by atoms with E-state index in [1.165, 1.54) is 23.7 Å². The zero-order valence-corrected chi connectivity index (χ0v) is 13.0. The lowest BCUT2D eigenvalue weighted by molar-refractivity contribution is 0.000674. The molecule has 0 radical (unpaired) electrons. The van der Waals surface area contributed by atoms with Crippen LogP contribution in [-0.2, 0) is 11.3 Å². The minimum atomic E-state index is -0.352. The fourth-order valence-electron chi connectivity index (χ4n) is 2.05. The highest BCUT2D eigenvalue weighted by atomic mass is 35.5. The zero-order valence-electron chi connectivity index (χ0n) is 12.3. The normalized spacial score (nSPS) is 15.4. The summed E-state index contributed by atoms with van der Waals surface area (Å²) in [5, 5.41) is 7.57. The molecule has 112 valence electrons. The van der Waals surface area contributed by atoms with Gasteiger partial charge in [-0.3, -0.25) is 4.79 Å². The van der Waals surface area contributed by atoms with Crippen LogP contribution >= 0.6 is 11.6 Å². The summed E-state index contributed by atoms with van der Waals surface area (Å²) in [7, 11) is 0. The van der Waals surface area contributed by atoms with Crippen molar-refractivity contribution in [1.29, 1.82) is 0 Å². The van der Waals surface area contributed by atoms with E-state index in [4.69, 9.17) is 16.3 Å². The summed E-state index contributed by atoms with van der Waals surface area (Å²) >= 11 is 6.08. The van der Waals surface area contributed by atoms with Gasteiger partial charge in [0.05, 0.1) is 16.8 Å². The van der Waals surface area contributed by atoms with Crippen molar-refractivity contribution in [3.63, 3.8) is 0 Å². The van der Waals surface area contributed by atoms with Gasteiger partial charge in [-0.2, -0.15) is 5.10 Å². The first-order valence-electron chi connectivity index (χ1n) is 7.06. The van der Waals surface area contributed by atoms with Crippen molar-refractivity contribution in [2.75, 3.05) is 18.5 Å². The van der Waals surface area contributed by atoms with Crippen molar-refractivity contribution in [1.82, 2.24) is 9.78 Å². The van der Waals surface area contributed by atoms with Gasteiger partial charge in [-0.15, -0.1) is 0 Å². The van der Waals surface area contributed by atoms with Crippen molar-refractivity contribution in [2.45, 2.75) is 45.8 Å². The smallest absolute Gasteiger partial charge is 0.291 e. The van der Waals surface area contributed by atoms with E-state index in [9.17, 15) is 4.79 Å². The summed E-state index contributed by atoms with van der Waals surface area (Å²) in [6.07, 6.45) is 3.88. The van der Waals surface area contributed by atoms with E-state index in [0.717, 1.165) is 0 Å². The minimum absolute atomic E-state index is 0.156. The lowest BCUT2D eigenvalue weighted by Gasteiger charge is -2.25. The molecule has 2 rings (SSSR count). The Hall–Kier alpha value is -1.07. The molecule has 0 aliphatic heterocycles. The average Bonchev–Trinajstić information content (AvgIpc) is 3.16. The van der Waals surface area contributed by atoms with Crippen LogP contribution in [0.2, 0.25) is 5.02 Å². The second kappa shape index (κ2) is 6.14. The topological polar surface area (TPSA) is 56.1 Å². The number of nitrogens with one attached hydrogen (secondary N) is 1. The molecular formula is C14H22ClN3O2. The molecule has 1 saturated carbocycles. The first kappa shape index (κ1) is 15.3. The molecule has 1 heterocycles. The molecule has 1 aromatic heterocycles. The number of ether oxygens (including phenoxy) is 1. The summed E-state index contributed by atoms with van der Waals surface area (Å²) < 4.78 is 7.11. The van der Waals surface area contributed by atoms with Crippen LogP contribution in [0.4, 0.5) is 5.69 Å². The van der Waals surface area contributed by atoms with E-state index in [-0.39, 0.29) is 11.2 Å². The van der Waals surface area contributed by atoms with Gasteiger partial charge in [0.15, 0.2) is 0 Å². The van der Waals surface area contributed by atoms with Crippen LogP contribution in [0.15, 0.2) is 11.0 Å². The van der Waals surface area contributed by atoms with Gasteiger partial charge < -0.3 is 10.1 Å². The van der Waals surface area contributed by atoms with Gasteiger partial charge in [0.2, 0.25) is 0 Å². The molecule has 0 unspecified atom stereocenters. The highest BCUT2D eigenvalue weighted by molar-refractivity contribution is 6.32. The Labute approximate surface area is 124 Å². The molecule has 6 heteroatoms. The average molecular weight is 300 g/mol. The molecule has 0 amide bonds. The zero-order chi connectivity index (χ0) is 14.8. The Bertz CT molecular complexity index is 524. The largest absolute Gasteiger partial charge is 0.376 e. The molecule has 1 fully saturated rings. The van der Waals surface area contributed by atoms with Gasteiger partial charge in [-0.05, 0) is 39.5 Å². The van der Waals surface area contributed by atoms with Crippen molar-refractivity contribution in [2.24, 2.45) is 5.92 Å². The van der Waals surface area contributed by atoms with Gasteiger partial charge in [0.25, 0.3) is 5.56 Å². The molecule has 20 heavy (non-hydrogen) atoms. The molecule has 0 saturated heterocycles. The third kappa shape index (κ3) is 3.96.